The highest BCUT2D eigenvalue weighted by atomic mass is 16.6. The number of esters is 1. The summed E-state index contributed by atoms with van der Waals surface area (Å²) < 4.78 is 12.1. The first kappa shape index (κ1) is 25.3. The molecule has 6 rings (SSSR count). The van der Waals surface area contributed by atoms with Crippen LogP contribution < -0.4 is 16.4 Å². The quantitative estimate of drug-likeness (QED) is 0.275. The Morgan fingerprint density at radius 1 is 1.03 bits per heavy atom. The standard InChI is InChI=1S/C29H36N4O4/c1-18(27(34)36-25(17-30)22-6-3-2-4-7-22)33(24-9-5-8-23(13-24)26(31)32)28(35)37-29-14-19-10-20(15-29)12-21(11-19)16-29/h2-9,13,18-21,25H,10-12,14-17,30H2,1H3,(H3,31,32)/t18-,19?,20?,21?,25?,29?/m0/s1. The van der Waals surface area contributed by atoms with Crippen LogP contribution >= 0.6 is 0 Å². The third-order valence-electron chi connectivity index (χ3n) is 8.29. The molecule has 0 saturated heterocycles. The van der Waals surface area contributed by atoms with Gasteiger partial charge in [-0.15, -0.1) is 0 Å². The van der Waals surface area contributed by atoms with E-state index >= 15 is 0 Å². The van der Waals surface area contributed by atoms with Crippen LogP contribution in [0.2, 0.25) is 0 Å². The zero-order valence-corrected chi connectivity index (χ0v) is 21.3. The monoisotopic (exact) mass is 504 g/mol. The van der Waals surface area contributed by atoms with Crippen LogP contribution in [0.15, 0.2) is 54.6 Å². The number of hydrogen-bond donors (Lipinski definition) is 3. The molecule has 4 aliphatic carbocycles. The Balaban J connectivity index is 1.41. The third-order valence-corrected chi connectivity index (χ3v) is 8.29. The van der Waals surface area contributed by atoms with E-state index in [9.17, 15) is 9.59 Å². The fourth-order valence-corrected chi connectivity index (χ4v) is 6.97. The van der Waals surface area contributed by atoms with Gasteiger partial charge in [-0.1, -0.05) is 42.5 Å². The topological polar surface area (TPSA) is 132 Å². The van der Waals surface area contributed by atoms with E-state index in [2.05, 4.69) is 0 Å². The Hall–Kier alpha value is -3.39. The van der Waals surface area contributed by atoms with Crippen molar-refractivity contribution in [2.24, 2.45) is 29.2 Å². The minimum Gasteiger partial charge on any atom is -0.455 e. The number of carbonyl (C=O) groups excluding carboxylic acids is 2. The Labute approximate surface area is 217 Å². The van der Waals surface area contributed by atoms with Gasteiger partial charge in [0.15, 0.2) is 0 Å². The van der Waals surface area contributed by atoms with E-state index in [0.29, 0.717) is 29.0 Å². The Kier molecular flexibility index (Phi) is 6.94. The molecule has 2 aromatic carbocycles. The summed E-state index contributed by atoms with van der Waals surface area (Å²) in [4.78, 5) is 28.6. The summed E-state index contributed by atoms with van der Waals surface area (Å²) >= 11 is 0. The van der Waals surface area contributed by atoms with Crippen molar-refractivity contribution in [2.45, 2.75) is 63.2 Å². The number of hydrogen-bond acceptors (Lipinski definition) is 6. The van der Waals surface area contributed by atoms with Crippen LogP contribution in [-0.4, -0.2) is 36.1 Å². The number of amidine groups is 1. The first-order chi connectivity index (χ1) is 17.8. The summed E-state index contributed by atoms with van der Waals surface area (Å²) in [7, 11) is 0. The number of nitrogens with zero attached hydrogens (tertiary/aromatic N) is 1. The van der Waals surface area contributed by atoms with Crippen LogP contribution in [0.25, 0.3) is 0 Å². The number of anilines is 1. The van der Waals surface area contributed by atoms with E-state index in [1.807, 2.05) is 30.3 Å². The lowest BCUT2D eigenvalue weighted by Gasteiger charge is -2.55. The summed E-state index contributed by atoms with van der Waals surface area (Å²) in [6.07, 6.45) is 5.12. The zero-order valence-electron chi connectivity index (χ0n) is 21.3. The second-order valence-corrected chi connectivity index (χ2v) is 11.1. The molecule has 37 heavy (non-hydrogen) atoms. The maximum absolute atomic E-state index is 13.9. The molecule has 4 saturated carbocycles. The summed E-state index contributed by atoms with van der Waals surface area (Å²) in [5.41, 5.74) is 12.8. The van der Waals surface area contributed by atoms with Crippen molar-refractivity contribution in [1.82, 2.24) is 0 Å². The number of nitrogens with one attached hydrogen (secondary N) is 1. The zero-order chi connectivity index (χ0) is 26.2. The summed E-state index contributed by atoms with van der Waals surface area (Å²) in [6, 6.07) is 15.1. The minimum absolute atomic E-state index is 0.111. The molecule has 8 nitrogen and oxygen atoms in total. The van der Waals surface area contributed by atoms with Crippen LogP contribution in [0, 0.1) is 23.2 Å². The Morgan fingerprint density at radius 3 is 2.22 bits per heavy atom. The second-order valence-electron chi connectivity index (χ2n) is 11.1. The molecule has 4 bridgehead atoms. The van der Waals surface area contributed by atoms with E-state index in [4.69, 9.17) is 26.4 Å². The van der Waals surface area contributed by atoms with Crippen LogP contribution in [0.5, 0.6) is 0 Å². The number of rotatable bonds is 8. The van der Waals surface area contributed by atoms with Crippen LogP contribution in [0.3, 0.4) is 0 Å². The van der Waals surface area contributed by atoms with Crippen molar-refractivity contribution in [3.05, 3.63) is 65.7 Å². The lowest BCUT2D eigenvalue weighted by Crippen LogP contribution is -2.55. The van der Waals surface area contributed by atoms with Gasteiger partial charge in [-0.2, -0.15) is 0 Å². The fraction of sp³-hybridized carbons (Fsp3) is 0.483. The van der Waals surface area contributed by atoms with Crippen molar-refractivity contribution >= 4 is 23.6 Å². The third kappa shape index (κ3) is 5.21. The Morgan fingerprint density at radius 2 is 1.65 bits per heavy atom. The number of ether oxygens (including phenoxy) is 2. The van der Waals surface area contributed by atoms with E-state index in [1.165, 1.54) is 24.2 Å². The van der Waals surface area contributed by atoms with Gasteiger partial charge in [0.05, 0.1) is 0 Å². The molecule has 8 heteroatoms. The molecular formula is C29H36N4O4. The number of benzene rings is 2. The van der Waals surface area contributed by atoms with Gasteiger partial charge in [-0.25, -0.2) is 9.59 Å². The lowest BCUT2D eigenvalue weighted by molar-refractivity contribution is -0.151. The highest BCUT2D eigenvalue weighted by Gasteiger charge is 2.54. The molecule has 5 N–H and O–H groups in total. The first-order valence-corrected chi connectivity index (χ1v) is 13.2. The van der Waals surface area contributed by atoms with Gasteiger partial charge >= 0.3 is 12.1 Å². The van der Waals surface area contributed by atoms with Gasteiger partial charge in [0.1, 0.15) is 23.6 Å². The first-order valence-electron chi connectivity index (χ1n) is 13.2. The van der Waals surface area contributed by atoms with Gasteiger partial charge in [0, 0.05) is 17.8 Å². The second kappa shape index (κ2) is 10.2. The maximum atomic E-state index is 13.9. The summed E-state index contributed by atoms with van der Waals surface area (Å²) in [6.45, 7) is 1.74. The molecule has 1 unspecified atom stereocenters. The number of nitrogen functional groups attached to an aromatic ring is 1. The van der Waals surface area contributed by atoms with Crippen molar-refractivity contribution in [2.75, 3.05) is 11.4 Å². The average molecular weight is 505 g/mol. The molecular weight excluding hydrogens is 468 g/mol. The number of nitrogens with two attached hydrogens (primary N) is 2. The molecule has 0 radical (unpaired) electrons. The van der Waals surface area contributed by atoms with Crippen LogP contribution in [0.4, 0.5) is 10.5 Å². The van der Waals surface area contributed by atoms with E-state index in [0.717, 1.165) is 24.8 Å². The van der Waals surface area contributed by atoms with Gasteiger partial charge in [-0.05, 0) is 80.9 Å². The maximum Gasteiger partial charge on any atom is 0.415 e. The van der Waals surface area contributed by atoms with E-state index < -0.39 is 29.8 Å². The highest BCUT2D eigenvalue weighted by molar-refractivity contribution is 5.99. The van der Waals surface area contributed by atoms with Crippen molar-refractivity contribution in [3.8, 4) is 0 Å². The lowest BCUT2D eigenvalue weighted by atomic mass is 9.54. The molecule has 0 aliphatic heterocycles. The van der Waals surface area contributed by atoms with Crippen LogP contribution in [0.1, 0.15) is 62.7 Å². The molecule has 4 aliphatic rings. The summed E-state index contributed by atoms with van der Waals surface area (Å²) in [5.74, 6) is 1.10. The molecule has 196 valence electrons. The van der Waals surface area contributed by atoms with Gasteiger partial charge in [0.2, 0.25) is 0 Å². The molecule has 0 spiro atoms. The van der Waals surface area contributed by atoms with Crippen molar-refractivity contribution in [3.63, 3.8) is 0 Å². The summed E-state index contributed by atoms with van der Waals surface area (Å²) in [5, 5.41) is 7.85. The predicted octanol–water partition coefficient (Wildman–Crippen LogP) is 4.51. The van der Waals surface area contributed by atoms with E-state index in [-0.39, 0.29) is 12.4 Å². The molecule has 0 heterocycles. The van der Waals surface area contributed by atoms with Crippen LogP contribution in [-0.2, 0) is 14.3 Å². The van der Waals surface area contributed by atoms with Gasteiger partial charge in [-0.3, -0.25) is 10.3 Å². The molecule has 1 amide bonds. The van der Waals surface area contributed by atoms with E-state index in [1.54, 1.807) is 31.2 Å². The smallest absolute Gasteiger partial charge is 0.415 e. The van der Waals surface area contributed by atoms with Crippen molar-refractivity contribution in [1.29, 1.82) is 5.41 Å². The predicted molar refractivity (Wildman–Crippen MR) is 141 cm³/mol. The molecule has 2 atom stereocenters. The van der Waals surface area contributed by atoms with Crippen molar-refractivity contribution < 1.29 is 19.1 Å². The SMILES string of the molecule is C[C@@H](C(=O)OC(CN)c1ccccc1)N(C(=O)OC12CC3CC(CC(C3)C1)C2)c1cccc(C(=N)N)c1. The molecule has 4 fully saturated rings. The van der Waals surface area contributed by atoms with Gasteiger partial charge in [0.25, 0.3) is 0 Å². The van der Waals surface area contributed by atoms with Gasteiger partial charge < -0.3 is 20.9 Å². The highest BCUT2D eigenvalue weighted by Crippen LogP contribution is 2.57. The average Bonchev–Trinajstić information content (AvgIpc) is 2.86. The number of amides is 1. The largest absolute Gasteiger partial charge is 0.455 e. The number of carbonyl (C=O) groups is 2. The fourth-order valence-electron chi connectivity index (χ4n) is 6.97. The molecule has 0 aromatic heterocycles. The normalized spacial score (nSPS) is 27.2. The molecule has 2 aromatic rings. The Bertz CT molecular complexity index is 1130. The minimum atomic E-state index is -0.985.